The molecule has 0 spiro atoms. The molecule has 0 aromatic heterocycles. The SMILES string of the molecule is CN=C(NCC(c1ccc(OC)cc1)N(C)C)Nc1cccc(OCCCOC)c1. The number of methoxy groups -OCH3 is 2. The van der Waals surface area contributed by atoms with Crippen LogP contribution in [-0.4, -0.2) is 66.0 Å². The van der Waals surface area contributed by atoms with Gasteiger partial charge in [0.25, 0.3) is 0 Å². The number of nitrogens with zero attached hydrogens (tertiary/aromatic N) is 2. The second kappa shape index (κ2) is 12.7. The van der Waals surface area contributed by atoms with Crippen LogP contribution in [-0.2, 0) is 4.74 Å². The molecule has 1 atom stereocenters. The first-order chi connectivity index (χ1) is 14.6. The molecule has 0 aliphatic heterocycles. The summed E-state index contributed by atoms with van der Waals surface area (Å²) in [6, 6.07) is 16.2. The standard InChI is InChI=1S/C23H34N4O3/c1-24-23(26-19-8-6-9-21(16-19)30-15-7-14-28-4)25-17-22(27(2)3)18-10-12-20(29-5)13-11-18/h6,8-13,16,22H,7,14-15,17H2,1-5H3,(H2,24,25,26). The van der Waals surface area contributed by atoms with Crippen molar-refractivity contribution < 1.29 is 14.2 Å². The molecule has 2 rings (SSSR count). The van der Waals surface area contributed by atoms with Gasteiger partial charge in [0, 0.05) is 45.5 Å². The first-order valence-corrected chi connectivity index (χ1v) is 10.1. The largest absolute Gasteiger partial charge is 0.497 e. The minimum Gasteiger partial charge on any atom is -0.497 e. The van der Waals surface area contributed by atoms with E-state index in [0.717, 1.165) is 23.6 Å². The minimum atomic E-state index is 0.185. The number of ether oxygens (including phenoxy) is 3. The zero-order chi connectivity index (χ0) is 21.8. The highest BCUT2D eigenvalue weighted by Gasteiger charge is 2.15. The third-order valence-electron chi connectivity index (χ3n) is 4.67. The molecular weight excluding hydrogens is 380 g/mol. The van der Waals surface area contributed by atoms with Crippen LogP contribution in [0.4, 0.5) is 5.69 Å². The van der Waals surface area contributed by atoms with Crippen LogP contribution in [0.3, 0.4) is 0 Å². The van der Waals surface area contributed by atoms with Crippen LogP contribution in [0, 0.1) is 0 Å². The van der Waals surface area contributed by atoms with Crippen LogP contribution < -0.4 is 20.1 Å². The Balaban J connectivity index is 1.95. The maximum absolute atomic E-state index is 5.77. The van der Waals surface area contributed by atoms with E-state index >= 15 is 0 Å². The van der Waals surface area contributed by atoms with E-state index in [1.807, 2.05) is 36.4 Å². The average molecular weight is 415 g/mol. The van der Waals surface area contributed by atoms with E-state index in [9.17, 15) is 0 Å². The summed E-state index contributed by atoms with van der Waals surface area (Å²) in [5.41, 5.74) is 2.12. The highest BCUT2D eigenvalue weighted by molar-refractivity contribution is 5.93. The van der Waals surface area contributed by atoms with Crippen molar-refractivity contribution in [2.75, 3.05) is 60.4 Å². The molecule has 164 valence electrons. The molecule has 2 aromatic rings. The first-order valence-electron chi connectivity index (χ1n) is 10.1. The molecule has 2 N–H and O–H groups in total. The Hall–Kier alpha value is -2.77. The molecule has 0 saturated carbocycles. The van der Waals surface area contributed by atoms with E-state index in [2.05, 4.69) is 46.8 Å². The Labute approximate surface area is 180 Å². The van der Waals surface area contributed by atoms with Crippen molar-refractivity contribution in [1.29, 1.82) is 0 Å². The van der Waals surface area contributed by atoms with Gasteiger partial charge in [0.2, 0.25) is 0 Å². The molecule has 7 nitrogen and oxygen atoms in total. The van der Waals surface area contributed by atoms with Crippen LogP contribution in [0.15, 0.2) is 53.5 Å². The Bertz CT molecular complexity index is 778. The topological polar surface area (TPSA) is 67.4 Å². The molecule has 0 heterocycles. The van der Waals surface area contributed by atoms with Crippen molar-refractivity contribution in [3.8, 4) is 11.5 Å². The summed E-state index contributed by atoms with van der Waals surface area (Å²) in [6.07, 6.45) is 0.856. The van der Waals surface area contributed by atoms with Crippen LogP contribution in [0.25, 0.3) is 0 Å². The normalized spacial score (nSPS) is 12.5. The lowest BCUT2D eigenvalue weighted by Gasteiger charge is -2.26. The minimum absolute atomic E-state index is 0.185. The zero-order valence-corrected chi connectivity index (χ0v) is 18.6. The van der Waals surface area contributed by atoms with E-state index in [1.165, 1.54) is 5.56 Å². The van der Waals surface area contributed by atoms with Gasteiger partial charge >= 0.3 is 0 Å². The van der Waals surface area contributed by atoms with E-state index < -0.39 is 0 Å². The van der Waals surface area contributed by atoms with Crippen molar-refractivity contribution in [3.05, 3.63) is 54.1 Å². The van der Waals surface area contributed by atoms with Crippen LogP contribution in [0.1, 0.15) is 18.0 Å². The van der Waals surface area contributed by atoms with Gasteiger partial charge in [-0.1, -0.05) is 18.2 Å². The lowest BCUT2D eigenvalue weighted by molar-refractivity contribution is 0.172. The summed E-state index contributed by atoms with van der Waals surface area (Å²) < 4.78 is 16.1. The van der Waals surface area contributed by atoms with Crippen molar-refractivity contribution in [1.82, 2.24) is 10.2 Å². The number of benzene rings is 2. The lowest BCUT2D eigenvalue weighted by Crippen LogP contribution is -2.37. The number of anilines is 1. The van der Waals surface area contributed by atoms with Gasteiger partial charge in [-0.2, -0.15) is 0 Å². The summed E-state index contributed by atoms with van der Waals surface area (Å²) in [5, 5.41) is 6.74. The maximum Gasteiger partial charge on any atom is 0.195 e. The lowest BCUT2D eigenvalue weighted by atomic mass is 10.1. The number of guanidine groups is 1. The highest BCUT2D eigenvalue weighted by atomic mass is 16.5. The van der Waals surface area contributed by atoms with Gasteiger partial charge < -0.3 is 29.7 Å². The smallest absolute Gasteiger partial charge is 0.195 e. The summed E-state index contributed by atoms with van der Waals surface area (Å²) in [4.78, 5) is 6.53. The van der Waals surface area contributed by atoms with Gasteiger partial charge in [-0.25, -0.2) is 0 Å². The maximum atomic E-state index is 5.77. The molecular formula is C23H34N4O3. The second-order valence-electron chi connectivity index (χ2n) is 7.05. The Morgan fingerprint density at radius 3 is 2.43 bits per heavy atom. The van der Waals surface area contributed by atoms with Gasteiger partial charge in [0.1, 0.15) is 11.5 Å². The van der Waals surface area contributed by atoms with Crippen LogP contribution in [0.2, 0.25) is 0 Å². The molecule has 30 heavy (non-hydrogen) atoms. The van der Waals surface area contributed by atoms with E-state index in [-0.39, 0.29) is 6.04 Å². The number of aliphatic imine (C=N–C) groups is 1. The molecule has 0 radical (unpaired) electrons. The summed E-state index contributed by atoms with van der Waals surface area (Å²) in [6.45, 7) is 2.01. The van der Waals surface area contributed by atoms with E-state index in [4.69, 9.17) is 14.2 Å². The van der Waals surface area contributed by atoms with Crippen molar-refractivity contribution in [2.45, 2.75) is 12.5 Å². The highest BCUT2D eigenvalue weighted by Crippen LogP contribution is 2.21. The molecule has 0 aliphatic rings. The summed E-state index contributed by atoms with van der Waals surface area (Å²) in [7, 11) is 9.26. The third kappa shape index (κ3) is 7.57. The molecule has 2 aromatic carbocycles. The molecule has 0 saturated heterocycles. The van der Waals surface area contributed by atoms with Crippen LogP contribution in [0.5, 0.6) is 11.5 Å². The Morgan fingerprint density at radius 2 is 1.80 bits per heavy atom. The molecule has 1 unspecified atom stereocenters. The fraction of sp³-hybridized carbons (Fsp3) is 0.435. The summed E-state index contributed by atoms with van der Waals surface area (Å²) >= 11 is 0. The number of nitrogens with one attached hydrogen (secondary N) is 2. The summed E-state index contributed by atoms with van der Waals surface area (Å²) in [5.74, 6) is 2.37. The second-order valence-corrected chi connectivity index (χ2v) is 7.05. The van der Waals surface area contributed by atoms with E-state index in [0.29, 0.717) is 25.7 Å². The monoisotopic (exact) mass is 414 g/mol. The molecule has 0 bridgehead atoms. The third-order valence-corrected chi connectivity index (χ3v) is 4.67. The molecule has 0 amide bonds. The van der Waals surface area contributed by atoms with Gasteiger partial charge in [-0.05, 0) is 43.9 Å². The first kappa shape index (κ1) is 23.5. The van der Waals surface area contributed by atoms with Crippen molar-refractivity contribution in [2.24, 2.45) is 4.99 Å². The number of hydrogen-bond donors (Lipinski definition) is 2. The molecule has 7 heteroatoms. The Kier molecular flexibility index (Phi) is 9.97. The van der Waals surface area contributed by atoms with Crippen molar-refractivity contribution in [3.63, 3.8) is 0 Å². The molecule has 0 aliphatic carbocycles. The average Bonchev–Trinajstić information content (AvgIpc) is 2.76. The number of rotatable bonds is 11. The number of likely N-dealkylation sites (N-methyl/N-ethyl adjacent to an activating group) is 1. The Morgan fingerprint density at radius 1 is 1.03 bits per heavy atom. The van der Waals surface area contributed by atoms with Gasteiger partial charge in [-0.15, -0.1) is 0 Å². The van der Waals surface area contributed by atoms with Crippen molar-refractivity contribution >= 4 is 11.6 Å². The van der Waals surface area contributed by atoms with Gasteiger partial charge in [0.05, 0.1) is 19.8 Å². The quantitative estimate of drug-likeness (QED) is 0.334. The molecule has 0 fully saturated rings. The fourth-order valence-corrected chi connectivity index (χ4v) is 2.99. The predicted octanol–water partition coefficient (Wildman–Crippen LogP) is 3.40. The zero-order valence-electron chi connectivity index (χ0n) is 18.6. The number of hydrogen-bond acceptors (Lipinski definition) is 5. The van der Waals surface area contributed by atoms with Gasteiger partial charge in [-0.3, -0.25) is 4.99 Å². The predicted molar refractivity (Wildman–Crippen MR) is 123 cm³/mol. The van der Waals surface area contributed by atoms with Crippen LogP contribution >= 0.6 is 0 Å². The fourth-order valence-electron chi connectivity index (χ4n) is 2.99. The van der Waals surface area contributed by atoms with Gasteiger partial charge in [0.15, 0.2) is 5.96 Å². The van der Waals surface area contributed by atoms with E-state index in [1.54, 1.807) is 21.3 Å².